The van der Waals surface area contributed by atoms with Crippen molar-refractivity contribution >= 4 is 71.6 Å². The molecule has 0 bridgehead atoms. The summed E-state index contributed by atoms with van der Waals surface area (Å²) in [5.41, 5.74) is 11.9. The minimum absolute atomic E-state index is 0.268. The lowest BCUT2D eigenvalue weighted by Crippen LogP contribution is -2.13. The van der Waals surface area contributed by atoms with Gasteiger partial charge in [0.25, 0.3) is 0 Å². The van der Waals surface area contributed by atoms with Gasteiger partial charge in [-0.3, -0.25) is 0 Å². The molecule has 2 heterocycles. The summed E-state index contributed by atoms with van der Waals surface area (Å²) in [5, 5.41) is 6.74. The Morgan fingerprint density at radius 3 is 1.91 bits per heavy atom. The van der Waals surface area contributed by atoms with E-state index in [2.05, 4.69) is 167 Å². The van der Waals surface area contributed by atoms with Crippen LogP contribution in [0.2, 0.25) is 0 Å². The van der Waals surface area contributed by atoms with Gasteiger partial charge in [0.05, 0.1) is 22.4 Å². The van der Waals surface area contributed by atoms with E-state index in [1.54, 1.807) is 12.1 Å². The van der Waals surface area contributed by atoms with Gasteiger partial charge in [-0.1, -0.05) is 127 Å². The molecule has 0 saturated carbocycles. The van der Waals surface area contributed by atoms with Gasteiger partial charge in [-0.25, -0.2) is 4.39 Å². The minimum atomic E-state index is -0.268. The molecule has 0 N–H and O–H groups in total. The van der Waals surface area contributed by atoms with Crippen LogP contribution in [-0.4, -0.2) is 4.57 Å². The van der Waals surface area contributed by atoms with Crippen molar-refractivity contribution < 1.29 is 8.81 Å². The summed E-state index contributed by atoms with van der Waals surface area (Å²) >= 11 is 0. The number of para-hydroxylation sites is 5. The number of rotatable bonds is 6. The van der Waals surface area contributed by atoms with E-state index < -0.39 is 0 Å². The van der Waals surface area contributed by atoms with Gasteiger partial charge in [0.2, 0.25) is 0 Å². The number of benzene rings is 9. The smallest absolute Gasteiger partial charge is 0.143 e. The van der Waals surface area contributed by atoms with Crippen molar-refractivity contribution in [2.75, 3.05) is 4.90 Å². The van der Waals surface area contributed by atoms with Crippen molar-refractivity contribution in [2.24, 2.45) is 0 Å². The van der Waals surface area contributed by atoms with Crippen LogP contribution in [0.25, 0.3) is 82.5 Å². The Bertz CT molecular complexity index is 3270. The number of anilines is 3. The summed E-state index contributed by atoms with van der Waals surface area (Å²) in [5.74, 6) is -0.268. The minimum Gasteiger partial charge on any atom is -0.455 e. The number of furan rings is 1. The molecule has 0 amide bonds. The van der Waals surface area contributed by atoms with Crippen molar-refractivity contribution in [2.45, 2.75) is 0 Å². The molecule has 56 heavy (non-hydrogen) atoms. The fourth-order valence-corrected chi connectivity index (χ4v) is 8.41. The lowest BCUT2D eigenvalue weighted by molar-refractivity contribution is 0.629. The number of fused-ring (bicyclic) bond motifs is 7. The molecule has 0 aliphatic heterocycles. The highest BCUT2D eigenvalue weighted by molar-refractivity contribution is 6.11. The molecule has 11 rings (SSSR count). The molecule has 0 saturated heterocycles. The highest BCUT2D eigenvalue weighted by Crippen LogP contribution is 2.43. The van der Waals surface area contributed by atoms with Crippen molar-refractivity contribution in [3.8, 4) is 27.9 Å². The lowest BCUT2D eigenvalue weighted by atomic mass is 10.0. The molecule has 0 radical (unpaired) electrons. The largest absolute Gasteiger partial charge is 0.455 e. The molecule has 0 atom stereocenters. The molecular weight excluding hydrogens is 688 g/mol. The van der Waals surface area contributed by atoms with Crippen LogP contribution in [0.3, 0.4) is 0 Å². The van der Waals surface area contributed by atoms with E-state index in [1.165, 1.54) is 16.3 Å². The Morgan fingerprint density at radius 1 is 0.429 bits per heavy atom. The third-order valence-corrected chi connectivity index (χ3v) is 11.0. The molecular formula is C52H33FN2O. The van der Waals surface area contributed by atoms with Crippen LogP contribution < -0.4 is 4.90 Å². The van der Waals surface area contributed by atoms with Crippen molar-refractivity contribution in [3.63, 3.8) is 0 Å². The first kappa shape index (κ1) is 32.0. The Hall–Kier alpha value is -7.43. The van der Waals surface area contributed by atoms with Crippen molar-refractivity contribution in [1.82, 2.24) is 4.57 Å². The first-order valence-electron chi connectivity index (χ1n) is 18.9. The zero-order valence-corrected chi connectivity index (χ0v) is 30.2. The van der Waals surface area contributed by atoms with E-state index in [-0.39, 0.29) is 5.82 Å². The van der Waals surface area contributed by atoms with Gasteiger partial charge >= 0.3 is 0 Å². The molecule has 0 unspecified atom stereocenters. The topological polar surface area (TPSA) is 21.3 Å². The van der Waals surface area contributed by atoms with E-state index in [4.69, 9.17) is 4.42 Å². The molecule has 4 heteroatoms. The maximum atomic E-state index is 15.0. The summed E-state index contributed by atoms with van der Waals surface area (Å²) in [4.78, 5) is 2.30. The fraction of sp³-hybridized carbons (Fsp3) is 0. The SMILES string of the molecule is Fc1ccc2c3ccccc3n(-c3ccccc3N(c3ccc(-c4ccc5ccccc5c4)cc3)c3ccc(-c4cccc5c4oc4ccccc45)cc3)c2c1. The summed E-state index contributed by atoms with van der Waals surface area (Å²) < 4.78 is 23.6. The quantitative estimate of drug-likeness (QED) is 0.171. The Labute approximate surface area is 322 Å². The monoisotopic (exact) mass is 720 g/mol. The summed E-state index contributed by atoms with van der Waals surface area (Å²) in [6.45, 7) is 0. The highest BCUT2D eigenvalue weighted by atomic mass is 19.1. The van der Waals surface area contributed by atoms with Gasteiger partial charge in [0.15, 0.2) is 0 Å². The summed E-state index contributed by atoms with van der Waals surface area (Å²) in [6, 6.07) is 68.9. The Morgan fingerprint density at radius 2 is 1.07 bits per heavy atom. The van der Waals surface area contributed by atoms with Gasteiger partial charge in [-0.15, -0.1) is 0 Å². The second-order valence-electron chi connectivity index (χ2n) is 14.3. The fourth-order valence-electron chi connectivity index (χ4n) is 8.41. The molecule has 0 aliphatic carbocycles. The number of hydrogen-bond acceptors (Lipinski definition) is 2. The third kappa shape index (κ3) is 5.19. The van der Waals surface area contributed by atoms with E-state index in [1.807, 2.05) is 30.3 Å². The van der Waals surface area contributed by atoms with Crippen LogP contribution >= 0.6 is 0 Å². The summed E-state index contributed by atoms with van der Waals surface area (Å²) in [7, 11) is 0. The van der Waals surface area contributed by atoms with Crippen LogP contribution in [0.1, 0.15) is 0 Å². The molecule has 3 nitrogen and oxygen atoms in total. The first-order chi connectivity index (χ1) is 27.7. The first-order valence-corrected chi connectivity index (χ1v) is 18.9. The average molecular weight is 721 g/mol. The second kappa shape index (κ2) is 12.9. The number of halogens is 1. The van der Waals surface area contributed by atoms with Gasteiger partial charge < -0.3 is 13.9 Å². The standard InChI is InChI=1S/C52H33FN2O/c53-39-26-31-44-43-12-3-5-16-47(43)55(50(44)33-39)49-18-7-6-17-48(49)54(40-27-22-35(23-28-40)38-21-20-34-10-1-2-11-37(34)32-38)41-29-24-36(25-30-41)42-14-9-15-46-45-13-4-8-19-51(45)56-52(42)46/h1-33H. The van der Waals surface area contributed by atoms with Crippen LogP contribution in [0.15, 0.2) is 205 Å². The number of nitrogens with zero attached hydrogens (tertiary/aromatic N) is 2. The number of aromatic nitrogens is 1. The van der Waals surface area contributed by atoms with Crippen molar-refractivity contribution in [1.29, 1.82) is 0 Å². The molecule has 2 aromatic heterocycles. The third-order valence-electron chi connectivity index (χ3n) is 11.0. The zero-order chi connectivity index (χ0) is 37.2. The normalized spacial score (nSPS) is 11.7. The van der Waals surface area contributed by atoms with E-state index in [9.17, 15) is 0 Å². The van der Waals surface area contributed by atoms with Crippen molar-refractivity contribution in [3.05, 3.63) is 206 Å². The van der Waals surface area contributed by atoms with E-state index >= 15 is 4.39 Å². The Kier molecular flexibility index (Phi) is 7.36. The van der Waals surface area contributed by atoms with Gasteiger partial charge in [-0.2, -0.15) is 0 Å². The maximum absolute atomic E-state index is 15.0. The average Bonchev–Trinajstić information content (AvgIpc) is 3.80. The number of hydrogen-bond donors (Lipinski definition) is 0. The van der Waals surface area contributed by atoms with Crippen LogP contribution in [-0.2, 0) is 0 Å². The Balaban J connectivity index is 1.09. The van der Waals surface area contributed by atoms with Gasteiger partial charge in [0, 0.05) is 38.5 Å². The van der Waals surface area contributed by atoms with Gasteiger partial charge in [-0.05, 0) is 100 Å². The molecule has 0 spiro atoms. The summed E-state index contributed by atoms with van der Waals surface area (Å²) in [6.07, 6.45) is 0. The maximum Gasteiger partial charge on any atom is 0.143 e. The van der Waals surface area contributed by atoms with Crippen LogP contribution in [0, 0.1) is 5.82 Å². The lowest BCUT2D eigenvalue weighted by Gasteiger charge is -2.28. The second-order valence-corrected chi connectivity index (χ2v) is 14.3. The highest BCUT2D eigenvalue weighted by Gasteiger charge is 2.21. The molecule has 11 aromatic rings. The van der Waals surface area contributed by atoms with E-state index in [0.717, 1.165) is 83.2 Å². The molecule has 0 fully saturated rings. The van der Waals surface area contributed by atoms with Gasteiger partial charge in [0.1, 0.15) is 17.0 Å². The molecule has 9 aromatic carbocycles. The van der Waals surface area contributed by atoms with Crippen LogP contribution in [0.4, 0.5) is 21.5 Å². The predicted molar refractivity (Wildman–Crippen MR) is 231 cm³/mol. The zero-order valence-electron chi connectivity index (χ0n) is 30.2. The molecule has 0 aliphatic rings. The predicted octanol–water partition coefficient (Wildman–Crippen LogP) is 14.8. The molecule has 264 valence electrons. The van der Waals surface area contributed by atoms with E-state index in [0.29, 0.717) is 0 Å². The van der Waals surface area contributed by atoms with Crippen LogP contribution in [0.5, 0.6) is 0 Å².